The van der Waals surface area contributed by atoms with Crippen LogP contribution < -0.4 is 0 Å². The van der Waals surface area contributed by atoms with E-state index < -0.39 is 0 Å². The minimum Gasteiger partial charge on any atom is -0.499 e. The summed E-state index contributed by atoms with van der Waals surface area (Å²) in [6.45, 7) is 0. The first kappa shape index (κ1) is 9.50. The van der Waals surface area contributed by atoms with Crippen molar-refractivity contribution in [2.24, 2.45) is 0 Å². The van der Waals surface area contributed by atoms with Gasteiger partial charge in [0.2, 0.25) is 0 Å². The van der Waals surface area contributed by atoms with Gasteiger partial charge in [-0.1, -0.05) is 27.3 Å². The number of halogens is 1. The van der Waals surface area contributed by atoms with Gasteiger partial charge in [0.1, 0.15) is 0 Å². The predicted molar refractivity (Wildman–Crippen MR) is 60.5 cm³/mol. The van der Waals surface area contributed by atoms with E-state index in [4.69, 9.17) is 5.26 Å². The number of nitriles is 1. The number of thiophene rings is 1. The fourth-order valence-electron chi connectivity index (χ4n) is 1.33. The number of fused-ring (bicyclic) bond motifs is 1. The smallest absolute Gasteiger partial charge is 0.172 e. The predicted octanol–water partition coefficient (Wildman–Crippen LogP) is 3.44. The minimum absolute atomic E-state index is 0.301. The highest BCUT2D eigenvalue weighted by molar-refractivity contribution is 9.10. The maximum Gasteiger partial charge on any atom is 0.172 e. The monoisotopic (exact) mass is 267 g/mol. The van der Waals surface area contributed by atoms with Crippen molar-refractivity contribution in [2.45, 2.75) is 6.42 Å². The molecule has 0 saturated heterocycles. The molecular weight excluding hydrogens is 262 g/mol. The first-order valence-corrected chi connectivity index (χ1v) is 5.59. The van der Waals surface area contributed by atoms with Crippen molar-refractivity contribution in [1.29, 1.82) is 5.26 Å². The van der Waals surface area contributed by atoms with Gasteiger partial charge in [-0.3, -0.25) is 0 Å². The third-order valence-electron chi connectivity index (χ3n) is 1.92. The molecule has 0 aliphatic heterocycles. The van der Waals surface area contributed by atoms with E-state index in [-0.39, 0.29) is 0 Å². The number of benzene rings is 1. The van der Waals surface area contributed by atoms with Crippen LogP contribution in [0, 0.1) is 11.3 Å². The molecule has 0 radical (unpaired) electrons. The van der Waals surface area contributed by atoms with E-state index in [9.17, 15) is 5.11 Å². The summed E-state index contributed by atoms with van der Waals surface area (Å²) in [5.74, 6) is 0. The largest absolute Gasteiger partial charge is 0.499 e. The first-order chi connectivity index (χ1) is 6.70. The molecule has 1 heterocycles. The fourth-order valence-corrected chi connectivity index (χ4v) is 2.97. The van der Waals surface area contributed by atoms with Crippen LogP contribution in [0.1, 0.15) is 5.56 Å². The lowest BCUT2D eigenvalue weighted by Gasteiger charge is -1.97. The summed E-state index contributed by atoms with van der Waals surface area (Å²) in [5.41, 5.74) is 0.966. The van der Waals surface area contributed by atoms with Crippen molar-refractivity contribution >= 4 is 37.4 Å². The van der Waals surface area contributed by atoms with Gasteiger partial charge in [0.15, 0.2) is 5.06 Å². The summed E-state index contributed by atoms with van der Waals surface area (Å²) in [7, 11) is 0. The van der Waals surface area contributed by atoms with Crippen LogP contribution >= 0.6 is 27.3 Å². The Morgan fingerprint density at radius 2 is 2.21 bits per heavy atom. The van der Waals surface area contributed by atoms with Crippen molar-refractivity contribution in [1.82, 2.24) is 0 Å². The lowest BCUT2D eigenvalue weighted by Crippen LogP contribution is -1.80. The Balaban J connectivity index is 2.66. The Morgan fingerprint density at radius 3 is 2.93 bits per heavy atom. The topological polar surface area (TPSA) is 44.0 Å². The van der Waals surface area contributed by atoms with Gasteiger partial charge < -0.3 is 5.11 Å². The zero-order valence-corrected chi connectivity index (χ0v) is 9.52. The van der Waals surface area contributed by atoms with E-state index in [1.807, 2.05) is 12.1 Å². The van der Waals surface area contributed by atoms with Gasteiger partial charge in [0.25, 0.3) is 0 Å². The third kappa shape index (κ3) is 1.61. The molecule has 0 atom stereocenters. The van der Waals surface area contributed by atoms with Gasteiger partial charge >= 0.3 is 0 Å². The van der Waals surface area contributed by atoms with Crippen molar-refractivity contribution in [3.63, 3.8) is 0 Å². The summed E-state index contributed by atoms with van der Waals surface area (Å²) in [6, 6.07) is 7.68. The molecule has 0 spiro atoms. The molecule has 0 saturated carbocycles. The molecule has 0 amide bonds. The van der Waals surface area contributed by atoms with Crippen LogP contribution in [0.25, 0.3) is 10.1 Å². The number of hydrogen-bond donors (Lipinski definition) is 1. The van der Waals surface area contributed by atoms with Gasteiger partial charge in [-0.05, 0) is 17.7 Å². The maximum atomic E-state index is 9.33. The zero-order valence-electron chi connectivity index (χ0n) is 7.12. The molecule has 2 nitrogen and oxygen atoms in total. The molecule has 0 aliphatic rings. The van der Waals surface area contributed by atoms with Gasteiger partial charge in [0, 0.05) is 20.6 Å². The second-order valence-corrected chi connectivity index (χ2v) is 4.83. The molecule has 14 heavy (non-hydrogen) atoms. The zero-order chi connectivity index (χ0) is 10.1. The fraction of sp³-hybridized carbons (Fsp3) is 0.100. The molecule has 2 rings (SSSR count). The van der Waals surface area contributed by atoms with E-state index >= 15 is 0 Å². The number of rotatable bonds is 1. The Morgan fingerprint density at radius 1 is 1.43 bits per heavy atom. The van der Waals surface area contributed by atoms with Crippen LogP contribution in [0.5, 0.6) is 5.06 Å². The average molecular weight is 268 g/mol. The van der Waals surface area contributed by atoms with Gasteiger partial charge in [-0.2, -0.15) is 5.26 Å². The standard InChI is InChI=1S/C10H6BrNOS/c11-8-3-6(1-2-12)4-9-7(8)5-10(13)14-9/h3-5,13H,1H2. The molecule has 0 fully saturated rings. The summed E-state index contributed by atoms with van der Waals surface area (Å²) in [5, 5.41) is 19.2. The quantitative estimate of drug-likeness (QED) is 0.861. The Kier molecular flexibility index (Phi) is 2.44. The van der Waals surface area contributed by atoms with E-state index in [1.165, 1.54) is 11.3 Å². The minimum atomic E-state index is 0.301. The molecule has 70 valence electrons. The summed E-state index contributed by atoms with van der Waals surface area (Å²) in [4.78, 5) is 0. The molecule has 0 aliphatic carbocycles. The number of nitrogens with zero attached hydrogens (tertiary/aromatic N) is 1. The van der Waals surface area contributed by atoms with E-state index in [2.05, 4.69) is 22.0 Å². The molecule has 1 aromatic carbocycles. The molecular formula is C10H6BrNOS. The Bertz CT molecular complexity index is 527. The lowest BCUT2D eigenvalue weighted by molar-refractivity contribution is 0.491. The highest BCUT2D eigenvalue weighted by atomic mass is 79.9. The Labute approximate surface area is 93.5 Å². The average Bonchev–Trinajstić information content (AvgIpc) is 2.47. The summed E-state index contributed by atoms with van der Waals surface area (Å²) < 4.78 is 1.93. The Hall–Kier alpha value is -1.05. The van der Waals surface area contributed by atoms with Crippen molar-refractivity contribution in [3.8, 4) is 11.1 Å². The number of hydrogen-bond acceptors (Lipinski definition) is 3. The van der Waals surface area contributed by atoms with E-state index in [0.717, 1.165) is 20.1 Å². The maximum absolute atomic E-state index is 9.33. The van der Waals surface area contributed by atoms with Crippen molar-refractivity contribution in [2.75, 3.05) is 0 Å². The molecule has 4 heteroatoms. The highest BCUT2D eigenvalue weighted by Gasteiger charge is 2.06. The lowest BCUT2D eigenvalue weighted by atomic mass is 10.1. The van der Waals surface area contributed by atoms with Gasteiger partial charge in [-0.15, -0.1) is 0 Å². The van der Waals surface area contributed by atoms with E-state index in [1.54, 1.807) is 6.07 Å². The van der Waals surface area contributed by atoms with Crippen molar-refractivity contribution < 1.29 is 5.11 Å². The second kappa shape index (κ2) is 3.60. The third-order valence-corrected chi connectivity index (χ3v) is 3.46. The van der Waals surface area contributed by atoms with Gasteiger partial charge in [0.05, 0.1) is 12.5 Å². The van der Waals surface area contributed by atoms with Crippen LogP contribution in [0.15, 0.2) is 22.7 Å². The molecule has 0 unspecified atom stereocenters. The van der Waals surface area contributed by atoms with Gasteiger partial charge in [-0.25, -0.2) is 0 Å². The van der Waals surface area contributed by atoms with Crippen LogP contribution in [0.4, 0.5) is 0 Å². The number of aromatic hydroxyl groups is 1. The summed E-state index contributed by atoms with van der Waals surface area (Å²) >= 11 is 4.74. The molecule has 1 N–H and O–H groups in total. The van der Waals surface area contributed by atoms with Crippen LogP contribution in [0.2, 0.25) is 0 Å². The first-order valence-electron chi connectivity index (χ1n) is 3.98. The van der Waals surface area contributed by atoms with Crippen molar-refractivity contribution in [3.05, 3.63) is 28.2 Å². The molecule has 1 aromatic heterocycles. The molecule has 0 bridgehead atoms. The van der Waals surface area contributed by atoms with Crippen LogP contribution in [-0.2, 0) is 6.42 Å². The van der Waals surface area contributed by atoms with E-state index in [0.29, 0.717) is 11.5 Å². The highest BCUT2D eigenvalue weighted by Crippen LogP contribution is 2.36. The SMILES string of the molecule is N#CCc1cc(Br)c2cc(O)sc2c1. The van der Waals surface area contributed by atoms with Crippen LogP contribution in [0.3, 0.4) is 0 Å². The van der Waals surface area contributed by atoms with Crippen LogP contribution in [-0.4, -0.2) is 5.11 Å². The normalized spacial score (nSPS) is 10.3. The molecule has 2 aromatic rings. The second-order valence-electron chi connectivity index (χ2n) is 2.91. The summed E-state index contributed by atoms with van der Waals surface area (Å²) in [6.07, 6.45) is 0.396.